The molecule has 1 amide bonds. The lowest BCUT2D eigenvalue weighted by Gasteiger charge is -2.13. The molecule has 1 aliphatic rings. The molecule has 0 heterocycles. The van der Waals surface area contributed by atoms with Gasteiger partial charge >= 0.3 is 5.97 Å². The van der Waals surface area contributed by atoms with Crippen molar-refractivity contribution in [2.45, 2.75) is 52.0 Å². The molecule has 2 rings (SSSR count). The van der Waals surface area contributed by atoms with E-state index in [1.54, 1.807) is 0 Å². The van der Waals surface area contributed by atoms with E-state index < -0.39 is 12.0 Å². The van der Waals surface area contributed by atoms with Gasteiger partial charge in [-0.25, -0.2) is 4.79 Å². The summed E-state index contributed by atoms with van der Waals surface area (Å²) < 4.78 is 0. The number of benzene rings is 1. The predicted molar refractivity (Wildman–Crippen MR) is 85.6 cm³/mol. The fourth-order valence-corrected chi connectivity index (χ4v) is 2.63. The van der Waals surface area contributed by atoms with Crippen molar-refractivity contribution in [1.82, 2.24) is 5.32 Å². The third-order valence-electron chi connectivity index (χ3n) is 3.98. The van der Waals surface area contributed by atoms with Crippen LogP contribution in [0.4, 0.5) is 0 Å². The molecule has 0 spiro atoms. The summed E-state index contributed by atoms with van der Waals surface area (Å²) >= 11 is 0. The summed E-state index contributed by atoms with van der Waals surface area (Å²) in [6.07, 6.45) is 3.83. The third-order valence-corrected chi connectivity index (χ3v) is 3.98. The summed E-state index contributed by atoms with van der Waals surface area (Å²) in [4.78, 5) is 23.0. The van der Waals surface area contributed by atoms with E-state index in [0.29, 0.717) is 18.8 Å². The van der Waals surface area contributed by atoms with Crippen LogP contribution in [0.2, 0.25) is 0 Å². The van der Waals surface area contributed by atoms with Crippen LogP contribution in [0.5, 0.6) is 0 Å². The Morgan fingerprint density at radius 3 is 2.27 bits per heavy atom. The number of amides is 1. The van der Waals surface area contributed by atoms with Gasteiger partial charge in [0.05, 0.1) is 0 Å². The van der Waals surface area contributed by atoms with Crippen molar-refractivity contribution in [3.63, 3.8) is 0 Å². The van der Waals surface area contributed by atoms with E-state index in [4.69, 9.17) is 5.11 Å². The third kappa shape index (κ3) is 5.17. The van der Waals surface area contributed by atoms with Crippen molar-refractivity contribution >= 4 is 11.9 Å². The molecule has 4 heteroatoms. The first kappa shape index (κ1) is 16.5. The van der Waals surface area contributed by atoms with E-state index in [1.807, 2.05) is 0 Å². The van der Waals surface area contributed by atoms with Gasteiger partial charge in [0.25, 0.3) is 0 Å². The largest absolute Gasteiger partial charge is 0.480 e. The van der Waals surface area contributed by atoms with Crippen molar-refractivity contribution in [1.29, 1.82) is 0 Å². The molecule has 1 fully saturated rings. The van der Waals surface area contributed by atoms with E-state index in [-0.39, 0.29) is 11.8 Å². The molecule has 1 aliphatic carbocycles. The van der Waals surface area contributed by atoms with Gasteiger partial charge in [-0.05, 0) is 48.6 Å². The number of hydrogen-bond donors (Lipinski definition) is 2. The molecule has 0 saturated heterocycles. The highest BCUT2D eigenvalue weighted by Gasteiger charge is 2.37. The highest BCUT2D eigenvalue weighted by atomic mass is 16.4. The molecule has 1 saturated carbocycles. The van der Waals surface area contributed by atoms with Crippen molar-refractivity contribution in [3.8, 4) is 0 Å². The van der Waals surface area contributed by atoms with Crippen LogP contribution in [0, 0.1) is 11.8 Å². The molecule has 4 nitrogen and oxygen atoms in total. The van der Waals surface area contributed by atoms with Gasteiger partial charge in [0.1, 0.15) is 6.04 Å². The standard InChI is InChI=1S/C18H25NO3/c1-12(2)11-14-5-3-13(4-6-14)7-10-16(20)19-17(18(21)22)15-8-9-15/h3-6,12,15,17H,7-11H2,1-2H3,(H,19,20)(H,21,22). The van der Waals surface area contributed by atoms with Gasteiger partial charge in [0.2, 0.25) is 5.91 Å². The minimum Gasteiger partial charge on any atom is -0.480 e. The number of carbonyl (C=O) groups is 2. The van der Waals surface area contributed by atoms with Gasteiger partial charge < -0.3 is 10.4 Å². The van der Waals surface area contributed by atoms with E-state index in [0.717, 1.165) is 24.8 Å². The predicted octanol–water partition coefficient (Wildman–Crippen LogP) is 2.80. The fraction of sp³-hybridized carbons (Fsp3) is 0.556. The first-order valence-electron chi connectivity index (χ1n) is 8.05. The zero-order valence-corrected chi connectivity index (χ0v) is 13.3. The Kier molecular flexibility index (Phi) is 5.58. The molecular formula is C18H25NO3. The first-order valence-corrected chi connectivity index (χ1v) is 8.05. The van der Waals surface area contributed by atoms with Crippen LogP contribution < -0.4 is 5.32 Å². The molecule has 2 N–H and O–H groups in total. The summed E-state index contributed by atoms with van der Waals surface area (Å²) in [6.45, 7) is 4.38. The highest BCUT2D eigenvalue weighted by Crippen LogP contribution is 2.32. The minimum absolute atomic E-state index is 0.122. The van der Waals surface area contributed by atoms with Crippen LogP contribution in [0.3, 0.4) is 0 Å². The summed E-state index contributed by atoms with van der Waals surface area (Å²) in [5.41, 5.74) is 2.42. The smallest absolute Gasteiger partial charge is 0.326 e. The number of nitrogens with one attached hydrogen (secondary N) is 1. The zero-order chi connectivity index (χ0) is 16.1. The lowest BCUT2D eigenvalue weighted by atomic mass is 10.0. The fourth-order valence-electron chi connectivity index (χ4n) is 2.63. The molecule has 0 bridgehead atoms. The normalized spacial score (nSPS) is 15.6. The monoisotopic (exact) mass is 303 g/mol. The Morgan fingerprint density at radius 2 is 1.77 bits per heavy atom. The number of aryl methyl sites for hydroxylation is 1. The van der Waals surface area contributed by atoms with Crippen molar-refractivity contribution in [3.05, 3.63) is 35.4 Å². The van der Waals surface area contributed by atoms with Gasteiger partial charge in [-0.2, -0.15) is 0 Å². The van der Waals surface area contributed by atoms with Gasteiger partial charge in [-0.15, -0.1) is 0 Å². The van der Waals surface area contributed by atoms with E-state index >= 15 is 0 Å². The van der Waals surface area contributed by atoms with Crippen molar-refractivity contribution in [2.24, 2.45) is 11.8 Å². The number of carboxylic acids is 1. The second-order valence-electron chi connectivity index (χ2n) is 6.64. The molecule has 1 aromatic carbocycles. The molecule has 1 atom stereocenters. The van der Waals surface area contributed by atoms with Crippen LogP contribution in [0.1, 0.15) is 44.2 Å². The van der Waals surface area contributed by atoms with E-state index in [1.165, 1.54) is 5.56 Å². The summed E-state index contributed by atoms with van der Waals surface area (Å²) in [6, 6.07) is 7.62. The van der Waals surface area contributed by atoms with Gasteiger partial charge in [-0.1, -0.05) is 38.1 Å². The quantitative estimate of drug-likeness (QED) is 0.776. The minimum atomic E-state index is -0.922. The van der Waals surface area contributed by atoms with E-state index in [9.17, 15) is 9.59 Å². The number of hydrogen-bond acceptors (Lipinski definition) is 2. The number of carbonyl (C=O) groups excluding carboxylic acids is 1. The number of carboxylic acid groups (broad SMARTS) is 1. The molecule has 1 unspecified atom stereocenters. The summed E-state index contributed by atoms with van der Waals surface area (Å²) in [5, 5.41) is 11.8. The summed E-state index contributed by atoms with van der Waals surface area (Å²) in [7, 11) is 0. The topological polar surface area (TPSA) is 66.4 Å². The Bertz CT molecular complexity index is 518. The van der Waals surface area contributed by atoms with Crippen LogP contribution in [0.25, 0.3) is 0 Å². The van der Waals surface area contributed by atoms with Crippen molar-refractivity contribution in [2.75, 3.05) is 0 Å². The Hall–Kier alpha value is -1.84. The molecule has 0 aromatic heterocycles. The molecule has 0 radical (unpaired) electrons. The Balaban J connectivity index is 1.79. The van der Waals surface area contributed by atoms with Gasteiger partial charge in [0, 0.05) is 6.42 Å². The lowest BCUT2D eigenvalue weighted by molar-refractivity contribution is -0.142. The summed E-state index contributed by atoms with van der Waals surface area (Å²) in [5.74, 6) is -0.344. The van der Waals surface area contributed by atoms with Crippen LogP contribution in [-0.2, 0) is 22.4 Å². The average Bonchev–Trinajstić information content (AvgIpc) is 3.27. The molecular weight excluding hydrogens is 278 g/mol. The van der Waals surface area contributed by atoms with Gasteiger partial charge in [-0.3, -0.25) is 4.79 Å². The van der Waals surface area contributed by atoms with Crippen LogP contribution in [-0.4, -0.2) is 23.0 Å². The molecule has 120 valence electrons. The maximum absolute atomic E-state index is 11.9. The average molecular weight is 303 g/mol. The van der Waals surface area contributed by atoms with E-state index in [2.05, 4.69) is 43.4 Å². The number of aliphatic carboxylic acids is 1. The van der Waals surface area contributed by atoms with Crippen LogP contribution in [0.15, 0.2) is 24.3 Å². The zero-order valence-electron chi connectivity index (χ0n) is 13.3. The molecule has 0 aliphatic heterocycles. The highest BCUT2D eigenvalue weighted by molar-refractivity contribution is 5.84. The maximum Gasteiger partial charge on any atom is 0.326 e. The second-order valence-corrected chi connectivity index (χ2v) is 6.64. The maximum atomic E-state index is 11.9. The molecule has 1 aromatic rings. The van der Waals surface area contributed by atoms with Crippen LogP contribution >= 0.6 is 0 Å². The Labute approximate surface area is 131 Å². The van der Waals surface area contributed by atoms with Gasteiger partial charge in [0.15, 0.2) is 0 Å². The lowest BCUT2D eigenvalue weighted by Crippen LogP contribution is -2.42. The molecule has 22 heavy (non-hydrogen) atoms. The first-order chi connectivity index (χ1) is 10.5. The number of rotatable bonds is 8. The second kappa shape index (κ2) is 7.43. The van der Waals surface area contributed by atoms with Crippen molar-refractivity contribution < 1.29 is 14.7 Å². The Morgan fingerprint density at radius 1 is 1.18 bits per heavy atom. The SMILES string of the molecule is CC(C)Cc1ccc(CCC(=O)NC(C(=O)O)C2CC2)cc1.